The molecule has 26 heavy (non-hydrogen) atoms. The molecule has 0 unspecified atom stereocenters. The summed E-state index contributed by atoms with van der Waals surface area (Å²) in [6, 6.07) is 20.5. The van der Waals surface area contributed by atoms with Crippen LogP contribution in [0.3, 0.4) is 0 Å². The quantitative estimate of drug-likeness (QED) is 0.704. The van der Waals surface area contributed by atoms with Crippen LogP contribution in [0.1, 0.15) is 11.1 Å². The summed E-state index contributed by atoms with van der Waals surface area (Å²) >= 11 is 0. The van der Waals surface area contributed by atoms with E-state index in [2.05, 4.69) is 0 Å². The Hall–Kier alpha value is -3.65. The zero-order chi connectivity index (χ0) is 18.5. The van der Waals surface area contributed by atoms with Gasteiger partial charge in [0.2, 0.25) is 0 Å². The van der Waals surface area contributed by atoms with Crippen molar-refractivity contribution in [3.8, 4) is 6.07 Å². The molecule has 0 spiro atoms. The lowest BCUT2D eigenvalue weighted by atomic mass is 10.2. The number of hydrogen-bond donors (Lipinski definition) is 0. The Morgan fingerprint density at radius 3 is 1.85 bits per heavy atom. The molecule has 0 amide bonds. The second-order valence-corrected chi connectivity index (χ2v) is 5.79. The molecular weight excluding hydrogens is 326 g/mol. The van der Waals surface area contributed by atoms with Gasteiger partial charge in [-0.05, 0) is 23.3 Å². The smallest absolute Gasteiger partial charge is 0.276 e. The Kier molecular flexibility index (Phi) is 4.95. The topological polar surface area (TPSA) is 67.8 Å². The van der Waals surface area contributed by atoms with Crippen LogP contribution in [0.4, 0.5) is 0 Å². The van der Waals surface area contributed by atoms with E-state index in [0.717, 1.165) is 11.1 Å². The van der Waals surface area contributed by atoms with E-state index < -0.39 is 0 Å². The van der Waals surface area contributed by atoms with Crippen LogP contribution in [0.5, 0.6) is 0 Å². The maximum Gasteiger partial charge on any atom is 0.276 e. The summed E-state index contributed by atoms with van der Waals surface area (Å²) in [6.07, 6.45) is 3.29. The normalized spacial score (nSPS) is 12.2. The first-order chi connectivity index (χ1) is 12.6. The van der Waals surface area contributed by atoms with E-state index >= 15 is 0 Å². The van der Waals surface area contributed by atoms with E-state index in [0.29, 0.717) is 0 Å². The summed E-state index contributed by atoms with van der Waals surface area (Å²) in [6.45, 7) is -0.191. The molecule has 2 aromatic carbocycles. The molecular formula is C21H17N3O2. The third kappa shape index (κ3) is 3.40. The first-order valence-corrected chi connectivity index (χ1v) is 8.12. The predicted molar refractivity (Wildman–Crippen MR) is 101 cm³/mol. The molecule has 0 saturated carbocycles. The molecule has 5 heteroatoms. The van der Waals surface area contributed by atoms with Crippen molar-refractivity contribution in [1.29, 1.82) is 5.26 Å². The minimum absolute atomic E-state index is 0.190. The average Bonchev–Trinajstić information content (AvgIpc) is 2.68. The zero-order valence-electron chi connectivity index (χ0n) is 14.3. The van der Waals surface area contributed by atoms with Gasteiger partial charge in [-0.1, -0.05) is 60.7 Å². The largest absolute Gasteiger partial charge is 0.305 e. The highest BCUT2D eigenvalue weighted by Gasteiger charge is 2.08. The van der Waals surface area contributed by atoms with Gasteiger partial charge in [-0.3, -0.25) is 14.2 Å². The first kappa shape index (κ1) is 17.2. The third-order valence-corrected chi connectivity index (χ3v) is 4.07. The molecule has 3 aromatic rings. The molecule has 1 heterocycles. The summed E-state index contributed by atoms with van der Waals surface area (Å²) in [5, 5.41) is 9.56. The van der Waals surface area contributed by atoms with Gasteiger partial charge in [-0.25, -0.2) is 0 Å². The fraction of sp³-hybridized carbons (Fsp3) is 0.0952. The number of aromatic nitrogens is 2. The van der Waals surface area contributed by atoms with Crippen LogP contribution in [-0.4, -0.2) is 9.13 Å². The molecule has 0 bridgehead atoms. The van der Waals surface area contributed by atoms with Gasteiger partial charge in [0.25, 0.3) is 11.1 Å². The third-order valence-electron chi connectivity index (χ3n) is 4.07. The second-order valence-electron chi connectivity index (χ2n) is 5.79. The molecule has 5 nitrogen and oxygen atoms in total. The van der Waals surface area contributed by atoms with Gasteiger partial charge in [-0.2, -0.15) is 5.26 Å². The summed E-state index contributed by atoms with van der Waals surface area (Å²) in [5.41, 5.74) is 0.893. The highest BCUT2D eigenvalue weighted by molar-refractivity contribution is 5.49. The van der Waals surface area contributed by atoms with E-state index in [1.807, 2.05) is 66.7 Å². The van der Waals surface area contributed by atoms with Crippen LogP contribution in [0.2, 0.25) is 0 Å². The van der Waals surface area contributed by atoms with Crippen molar-refractivity contribution in [3.05, 3.63) is 103 Å². The number of rotatable bonds is 3. The molecule has 0 aliphatic carbocycles. The van der Waals surface area contributed by atoms with Crippen LogP contribution >= 0.6 is 0 Å². The first-order valence-electron chi connectivity index (χ1n) is 8.12. The van der Waals surface area contributed by atoms with Gasteiger partial charge in [0.1, 0.15) is 17.2 Å². The van der Waals surface area contributed by atoms with Crippen LogP contribution < -0.4 is 21.8 Å². The number of benzene rings is 2. The summed E-state index contributed by atoms with van der Waals surface area (Å²) in [5.74, 6) is 0. The number of nitrogens with zero attached hydrogens (tertiary/aromatic N) is 3. The molecule has 0 atom stereocenters. The van der Waals surface area contributed by atoms with Crippen molar-refractivity contribution in [2.75, 3.05) is 0 Å². The van der Waals surface area contributed by atoms with E-state index in [9.17, 15) is 9.59 Å². The highest BCUT2D eigenvalue weighted by atomic mass is 16.1. The Morgan fingerprint density at radius 2 is 1.35 bits per heavy atom. The molecule has 0 fully saturated rings. The van der Waals surface area contributed by atoms with Crippen molar-refractivity contribution in [2.24, 2.45) is 7.05 Å². The van der Waals surface area contributed by atoms with E-state index in [1.165, 1.54) is 9.13 Å². The monoisotopic (exact) mass is 343 g/mol. The lowest BCUT2D eigenvalue weighted by Crippen LogP contribution is -2.57. The summed E-state index contributed by atoms with van der Waals surface area (Å²) < 4.78 is 2.56. The Bertz CT molecular complexity index is 1200. The van der Waals surface area contributed by atoms with Gasteiger partial charge in [0.05, 0.1) is 6.07 Å². The van der Waals surface area contributed by atoms with Crippen LogP contribution in [0, 0.1) is 11.3 Å². The standard InChI is InChI=1S/C21H17N3O2/c1-23-18(14-16-8-4-2-5-9-16)21(26)24(13-12-22)19(20(23)25)15-17-10-6-3-7-11-17/h2-11,14-15H,13H2,1H3/b18-14-,19-15-. The predicted octanol–water partition coefficient (Wildman–Crippen LogP) is 0.728. The molecule has 0 aliphatic heterocycles. The van der Waals surface area contributed by atoms with E-state index in [4.69, 9.17) is 5.26 Å². The minimum Gasteiger partial charge on any atom is -0.305 e. The Balaban J connectivity index is 2.39. The van der Waals surface area contributed by atoms with E-state index in [-0.39, 0.29) is 28.4 Å². The lowest BCUT2D eigenvalue weighted by Gasteiger charge is -2.07. The van der Waals surface area contributed by atoms with Gasteiger partial charge >= 0.3 is 0 Å². The molecule has 128 valence electrons. The molecule has 0 N–H and O–H groups in total. The van der Waals surface area contributed by atoms with Crippen LogP contribution in [-0.2, 0) is 13.6 Å². The van der Waals surface area contributed by atoms with E-state index in [1.54, 1.807) is 19.2 Å². The number of hydrogen-bond acceptors (Lipinski definition) is 3. The Labute approximate surface area is 150 Å². The van der Waals surface area contributed by atoms with Crippen molar-refractivity contribution < 1.29 is 0 Å². The van der Waals surface area contributed by atoms with Gasteiger partial charge in [0.15, 0.2) is 0 Å². The molecule has 0 radical (unpaired) electrons. The minimum atomic E-state index is -0.375. The fourth-order valence-electron chi connectivity index (χ4n) is 2.73. The fourth-order valence-corrected chi connectivity index (χ4v) is 2.73. The zero-order valence-corrected chi connectivity index (χ0v) is 14.3. The summed E-state index contributed by atoms with van der Waals surface area (Å²) in [4.78, 5) is 25.8. The van der Waals surface area contributed by atoms with Gasteiger partial charge in [-0.15, -0.1) is 0 Å². The van der Waals surface area contributed by atoms with Crippen molar-refractivity contribution >= 4 is 12.2 Å². The van der Waals surface area contributed by atoms with Crippen LogP contribution in [0.15, 0.2) is 70.3 Å². The van der Waals surface area contributed by atoms with Crippen LogP contribution in [0.25, 0.3) is 12.2 Å². The second kappa shape index (κ2) is 7.49. The van der Waals surface area contributed by atoms with Crippen molar-refractivity contribution in [1.82, 2.24) is 9.13 Å². The van der Waals surface area contributed by atoms with Crippen molar-refractivity contribution in [2.45, 2.75) is 6.54 Å². The van der Waals surface area contributed by atoms with Gasteiger partial charge < -0.3 is 4.57 Å². The van der Waals surface area contributed by atoms with Gasteiger partial charge in [0, 0.05) is 7.05 Å². The maximum atomic E-state index is 12.9. The highest BCUT2D eigenvalue weighted by Crippen LogP contribution is 1.98. The maximum absolute atomic E-state index is 12.9. The summed E-state index contributed by atoms with van der Waals surface area (Å²) in [7, 11) is 1.57. The van der Waals surface area contributed by atoms with Crippen molar-refractivity contribution in [3.63, 3.8) is 0 Å². The number of nitriles is 1. The molecule has 3 rings (SSSR count). The molecule has 0 aliphatic rings. The molecule has 1 aromatic heterocycles. The molecule has 0 saturated heterocycles. The average molecular weight is 343 g/mol. The Morgan fingerprint density at radius 1 is 0.846 bits per heavy atom. The SMILES string of the molecule is Cn1c(=O)/c(=C/c2ccccc2)n(CC#N)c(=O)/c1=C/c1ccccc1. The lowest BCUT2D eigenvalue weighted by molar-refractivity contribution is 0.667.